The summed E-state index contributed by atoms with van der Waals surface area (Å²) >= 11 is 7.44. The zero-order chi connectivity index (χ0) is 13.8. The number of esters is 1. The number of anilines is 2. The van der Waals surface area contributed by atoms with E-state index in [-0.39, 0.29) is 5.69 Å². The van der Waals surface area contributed by atoms with Gasteiger partial charge in [0, 0.05) is 0 Å². The molecule has 1 N–H and O–H groups in total. The highest BCUT2D eigenvalue weighted by Crippen LogP contribution is 2.30. The van der Waals surface area contributed by atoms with Crippen LogP contribution in [0.15, 0.2) is 23.7 Å². The Kier molecular flexibility index (Phi) is 4.39. The van der Waals surface area contributed by atoms with E-state index in [0.717, 1.165) is 11.3 Å². The molecule has 0 radical (unpaired) electrons. The summed E-state index contributed by atoms with van der Waals surface area (Å²) < 4.78 is 4.95. The Morgan fingerprint density at radius 3 is 3.05 bits per heavy atom. The van der Waals surface area contributed by atoms with Crippen LogP contribution in [0.1, 0.15) is 23.0 Å². The van der Waals surface area contributed by atoms with Crippen LogP contribution >= 0.6 is 22.9 Å². The Balaban J connectivity index is 2.26. The number of carbonyl (C=O) groups excluding carboxylic acids is 1. The van der Waals surface area contributed by atoms with Gasteiger partial charge in [0.05, 0.1) is 22.8 Å². The summed E-state index contributed by atoms with van der Waals surface area (Å²) in [5.74, 6) is -0.435. The zero-order valence-electron chi connectivity index (χ0n) is 10.6. The average Bonchev–Trinajstić information content (AvgIpc) is 2.82. The van der Waals surface area contributed by atoms with Crippen LogP contribution in [-0.2, 0) is 4.74 Å². The normalized spacial score (nSPS) is 10.3. The third-order valence-electron chi connectivity index (χ3n) is 2.41. The summed E-state index contributed by atoms with van der Waals surface area (Å²) in [5.41, 5.74) is 3.70. The predicted molar refractivity (Wildman–Crippen MR) is 77.5 cm³/mol. The number of benzene rings is 1. The number of hydrogen-bond acceptors (Lipinski definition) is 5. The van der Waals surface area contributed by atoms with Crippen LogP contribution < -0.4 is 5.32 Å². The van der Waals surface area contributed by atoms with Crippen LogP contribution in [0.3, 0.4) is 0 Å². The summed E-state index contributed by atoms with van der Waals surface area (Å²) in [6.07, 6.45) is 0. The number of nitrogens with zero attached hydrogens (tertiary/aromatic N) is 1. The number of carbonyl (C=O) groups is 1. The topological polar surface area (TPSA) is 51.2 Å². The number of hydrogen-bond donors (Lipinski definition) is 1. The van der Waals surface area contributed by atoms with E-state index in [2.05, 4.69) is 10.3 Å². The van der Waals surface area contributed by atoms with Crippen LogP contribution in [0.2, 0.25) is 5.02 Å². The molecule has 0 fully saturated rings. The minimum Gasteiger partial charge on any atom is -0.461 e. The Bertz CT molecular complexity index is 598. The van der Waals surface area contributed by atoms with Gasteiger partial charge in [-0.3, -0.25) is 0 Å². The van der Waals surface area contributed by atoms with Gasteiger partial charge >= 0.3 is 5.97 Å². The van der Waals surface area contributed by atoms with Crippen LogP contribution in [0.4, 0.5) is 10.7 Å². The molecule has 0 atom stereocenters. The summed E-state index contributed by atoms with van der Waals surface area (Å²) in [6.45, 7) is 4.05. The molecule has 0 amide bonds. The molecule has 0 unspecified atom stereocenters. The molecular weight excluding hydrogens is 284 g/mol. The van der Waals surface area contributed by atoms with Crippen molar-refractivity contribution in [1.29, 1.82) is 0 Å². The maximum absolute atomic E-state index is 11.7. The van der Waals surface area contributed by atoms with E-state index in [1.807, 2.05) is 25.1 Å². The average molecular weight is 297 g/mol. The quantitative estimate of drug-likeness (QED) is 0.866. The van der Waals surface area contributed by atoms with E-state index in [9.17, 15) is 4.79 Å². The Morgan fingerprint density at radius 2 is 2.32 bits per heavy atom. The number of aromatic nitrogens is 1. The lowest BCUT2D eigenvalue weighted by atomic mass is 10.2. The smallest absolute Gasteiger partial charge is 0.360 e. The van der Waals surface area contributed by atoms with E-state index >= 15 is 0 Å². The van der Waals surface area contributed by atoms with Gasteiger partial charge in [0.2, 0.25) is 0 Å². The van der Waals surface area contributed by atoms with Crippen LogP contribution in [0, 0.1) is 6.92 Å². The molecule has 0 aliphatic rings. The van der Waals surface area contributed by atoms with E-state index in [1.54, 1.807) is 12.4 Å². The molecule has 0 aliphatic heterocycles. The molecule has 0 saturated heterocycles. The lowest BCUT2D eigenvalue weighted by molar-refractivity contribution is 0.0521. The molecule has 0 saturated carbocycles. The number of nitrogens with one attached hydrogen (secondary N) is 1. The van der Waals surface area contributed by atoms with E-state index < -0.39 is 5.97 Å². The van der Waals surface area contributed by atoms with Crippen molar-refractivity contribution in [3.63, 3.8) is 0 Å². The summed E-state index contributed by atoms with van der Waals surface area (Å²) in [4.78, 5) is 15.7. The van der Waals surface area contributed by atoms with Gasteiger partial charge in [-0.2, -0.15) is 0 Å². The van der Waals surface area contributed by atoms with Gasteiger partial charge in [0.1, 0.15) is 5.00 Å². The minimum absolute atomic E-state index is 0.282. The first-order valence-corrected chi connectivity index (χ1v) is 7.01. The Labute approximate surface area is 120 Å². The number of ether oxygens (including phenoxy) is 1. The fraction of sp³-hybridized carbons (Fsp3) is 0.231. The van der Waals surface area contributed by atoms with Crippen molar-refractivity contribution in [2.24, 2.45) is 0 Å². The van der Waals surface area contributed by atoms with Crippen molar-refractivity contribution >= 4 is 39.6 Å². The first-order valence-electron chi connectivity index (χ1n) is 5.75. The van der Waals surface area contributed by atoms with Gasteiger partial charge in [0.15, 0.2) is 5.69 Å². The molecule has 4 nitrogen and oxygen atoms in total. The van der Waals surface area contributed by atoms with E-state index in [1.165, 1.54) is 11.3 Å². The highest BCUT2D eigenvalue weighted by molar-refractivity contribution is 7.14. The minimum atomic E-state index is -0.435. The van der Waals surface area contributed by atoms with Crippen LogP contribution in [0.5, 0.6) is 0 Å². The Hall–Kier alpha value is -1.59. The fourth-order valence-corrected chi connectivity index (χ4v) is 2.38. The fourth-order valence-electron chi connectivity index (χ4n) is 1.54. The van der Waals surface area contributed by atoms with Gasteiger partial charge in [0.25, 0.3) is 0 Å². The molecule has 1 aromatic carbocycles. The largest absolute Gasteiger partial charge is 0.461 e. The maximum Gasteiger partial charge on any atom is 0.360 e. The highest BCUT2D eigenvalue weighted by Gasteiger charge is 2.16. The summed E-state index contributed by atoms with van der Waals surface area (Å²) in [7, 11) is 0. The highest BCUT2D eigenvalue weighted by atomic mass is 35.5. The molecule has 1 aromatic heterocycles. The van der Waals surface area contributed by atoms with Gasteiger partial charge in [-0.25, -0.2) is 9.78 Å². The molecule has 1 heterocycles. The van der Waals surface area contributed by atoms with Crippen molar-refractivity contribution in [3.8, 4) is 0 Å². The molecular formula is C13H13ClN2O2S. The third-order valence-corrected chi connectivity index (χ3v) is 3.48. The van der Waals surface area contributed by atoms with Crippen molar-refractivity contribution in [2.75, 3.05) is 11.9 Å². The lowest BCUT2D eigenvalue weighted by Crippen LogP contribution is -2.07. The molecule has 0 aliphatic carbocycles. The van der Waals surface area contributed by atoms with Crippen LogP contribution in [-0.4, -0.2) is 17.6 Å². The molecule has 100 valence electrons. The SMILES string of the molecule is CCOC(=O)c1ncsc1Nc1cc(C)ccc1Cl. The zero-order valence-corrected chi connectivity index (χ0v) is 12.1. The maximum atomic E-state index is 11.7. The second kappa shape index (κ2) is 6.04. The van der Waals surface area contributed by atoms with Gasteiger partial charge < -0.3 is 10.1 Å². The number of thiazole rings is 1. The third kappa shape index (κ3) is 3.24. The van der Waals surface area contributed by atoms with Gasteiger partial charge in [-0.05, 0) is 31.5 Å². The summed E-state index contributed by atoms with van der Waals surface area (Å²) in [6, 6.07) is 5.65. The first-order chi connectivity index (χ1) is 9.11. The van der Waals surface area contributed by atoms with E-state index in [0.29, 0.717) is 16.6 Å². The molecule has 0 bridgehead atoms. The second-order valence-corrected chi connectivity index (χ2v) is 5.12. The van der Waals surface area contributed by atoms with Crippen molar-refractivity contribution in [1.82, 2.24) is 4.98 Å². The van der Waals surface area contributed by atoms with Crippen molar-refractivity contribution in [2.45, 2.75) is 13.8 Å². The molecule has 6 heteroatoms. The van der Waals surface area contributed by atoms with Gasteiger partial charge in [-0.15, -0.1) is 11.3 Å². The van der Waals surface area contributed by atoms with E-state index in [4.69, 9.17) is 16.3 Å². The van der Waals surface area contributed by atoms with Crippen molar-refractivity contribution in [3.05, 3.63) is 40.0 Å². The number of rotatable bonds is 4. The standard InChI is InChI=1S/C13H13ClN2O2S/c1-3-18-13(17)11-12(19-7-15-11)16-10-6-8(2)4-5-9(10)14/h4-7,16H,3H2,1-2H3. The molecule has 2 rings (SSSR count). The van der Waals surface area contributed by atoms with Crippen LogP contribution in [0.25, 0.3) is 0 Å². The first kappa shape index (κ1) is 13.8. The molecule has 19 heavy (non-hydrogen) atoms. The Morgan fingerprint density at radius 1 is 1.53 bits per heavy atom. The summed E-state index contributed by atoms with van der Waals surface area (Å²) in [5, 5.41) is 4.35. The lowest BCUT2D eigenvalue weighted by Gasteiger charge is -2.08. The molecule has 0 spiro atoms. The second-order valence-electron chi connectivity index (χ2n) is 3.86. The monoisotopic (exact) mass is 296 g/mol. The van der Waals surface area contributed by atoms with Crippen molar-refractivity contribution < 1.29 is 9.53 Å². The molecule has 2 aromatic rings. The number of halogens is 1. The van der Waals surface area contributed by atoms with Gasteiger partial charge in [-0.1, -0.05) is 17.7 Å². The number of aryl methyl sites for hydroxylation is 1. The predicted octanol–water partition coefficient (Wildman–Crippen LogP) is 4.03.